The van der Waals surface area contributed by atoms with Crippen molar-refractivity contribution in [2.24, 2.45) is 0 Å². The molecule has 9 heteroatoms. The van der Waals surface area contributed by atoms with Crippen molar-refractivity contribution in [2.45, 2.75) is 6.18 Å². The lowest BCUT2D eigenvalue weighted by Crippen LogP contribution is -2.06. The monoisotopic (exact) mass is 350 g/mol. The van der Waals surface area contributed by atoms with Gasteiger partial charge in [0.05, 0.1) is 27.0 Å². The number of nitrogens with zero attached hydrogens (tertiary/aromatic N) is 1. The van der Waals surface area contributed by atoms with Crippen LogP contribution in [0.5, 0.6) is 0 Å². The number of benzene rings is 1. The lowest BCUT2D eigenvalue weighted by Gasteiger charge is -2.11. The van der Waals surface area contributed by atoms with Crippen molar-refractivity contribution >= 4 is 34.9 Å². The fourth-order valence-electron chi connectivity index (χ4n) is 1.73. The van der Waals surface area contributed by atoms with Crippen molar-refractivity contribution in [1.82, 2.24) is 4.98 Å². The van der Waals surface area contributed by atoms with E-state index < -0.39 is 23.4 Å². The molecule has 1 aromatic heterocycles. The number of halogens is 5. The molecule has 0 fully saturated rings. The van der Waals surface area contributed by atoms with Crippen molar-refractivity contribution in [2.75, 3.05) is 5.73 Å². The smallest absolute Gasteiger partial charge is 0.416 e. The van der Waals surface area contributed by atoms with Crippen LogP contribution in [0, 0.1) is 0 Å². The van der Waals surface area contributed by atoms with E-state index in [0.717, 1.165) is 18.2 Å². The summed E-state index contributed by atoms with van der Waals surface area (Å²) >= 11 is 11.6. The van der Waals surface area contributed by atoms with Gasteiger partial charge in [0.15, 0.2) is 5.69 Å². The number of anilines is 1. The number of carbonyl (C=O) groups is 1. The first-order chi connectivity index (χ1) is 10.1. The summed E-state index contributed by atoms with van der Waals surface area (Å²) < 4.78 is 37.8. The van der Waals surface area contributed by atoms with E-state index in [4.69, 9.17) is 34.0 Å². The number of hydrogen-bond acceptors (Lipinski definition) is 3. The zero-order valence-corrected chi connectivity index (χ0v) is 12.1. The normalized spacial score (nSPS) is 11.5. The minimum absolute atomic E-state index is 0.0121. The van der Waals surface area contributed by atoms with Crippen LogP contribution in [0.4, 0.5) is 18.9 Å². The maximum absolute atomic E-state index is 12.6. The molecule has 22 heavy (non-hydrogen) atoms. The van der Waals surface area contributed by atoms with Gasteiger partial charge in [0.1, 0.15) is 0 Å². The molecular weight excluding hydrogens is 344 g/mol. The van der Waals surface area contributed by atoms with Gasteiger partial charge in [-0.05, 0) is 18.2 Å². The summed E-state index contributed by atoms with van der Waals surface area (Å²) in [6.45, 7) is 0. The summed E-state index contributed by atoms with van der Waals surface area (Å²) in [7, 11) is 0. The first-order valence-corrected chi connectivity index (χ1v) is 6.43. The molecule has 0 saturated carbocycles. The second kappa shape index (κ2) is 5.66. The number of rotatable bonds is 2. The Morgan fingerprint density at radius 1 is 1.23 bits per heavy atom. The number of aromatic carboxylic acids is 1. The Kier molecular flexibility index (Phi) is 4.21. The Labute approximate surface area is 132 Å². The van der Waals surface area contributed by atoms with Crippen LogP contribution in [0.3, 0.4) is 0 Å². The van der Waals surface area contributed by atoms with Crippen LogP contribution >= 0.6 is 23.2 Å². The largest absolute Gasteiger partial charge is 0.476 e. The maximum atomic E-state index is 12.6. The van der Waals surface area contributed by atoms with Crippen LogP contribution in [-0.2, 0) is 6.18 Å². The number of pyridine rings is 1. The highest BCUT2D eigenvalue weighted by Gasteiger charge is 2.31. The average molecular weight is 351 g/mol. The standard InChI is InChI=1S/C13H7Cl2F3N2O2/c14-7-3-5(13(16,17)18)1-2-6(7)9-4-8(19)10(15)11(20-9)12(21)22/h1-4H,(H2,19,20)(H,21,22). The van der Waals surface area contributed by atoms with Crippen LogP contribution < -0.4 is 5.73 Å². The Balaban J connectivity index is 2.60. The molecule has 2 aromatic rings. The zero-order chi connectivity index (χ0) is 16.7. The molecule has 0 bridgehead atoms. The van der Waals surface area contributed by atoms with Gasteiger partial charge in [0.25, 0.3) is 0 Å². The van der Waals surface area contributed by atoms with Crippen LogP contribution in [0.1, 0.15) is 16.1 Å². The van der Waals surface area contributed by atoms with E-state index in [2.05, 4.69) is 4.98 Å². The first kappa shape index (κ1) is 16.4. The third kappa shape index (κ3) is 3.10. The highest BCUT2D eigenvalue weighted by molar-refractivity contribution is 6.36. The number of alkyl halides is 3. The predicted octanol–water partition coefficient (Wildman–Crippen LogP) is 4.35. The highest BCUT2D eigenvalue weighted by Crippen LogP contribution is 2.36. The Hall–Kier alpha value is -1.99. The number of carboxylic acid groups (broad SMARTS) is 1. The molecule has 0 amide bonds. The average Bonchev–Trinajstić information content (AvgIpc) is 2.40. The van der Waals surface area contributed by atoms with Gasteiger partial charge in [-0.3, -0.25) is 0 Å². The lowest BCUT2D eigenvalue weighted by atomic mass is 10.1. The second-order valence-corrected chi connectivity index (χ2v) is 5.04. The third-order valence-electron chi connectivity index (χ3n) is 2.76. The minimum Gasteiger partial charge on any atom is -0.476 e. The summed E-state index contributed by atoms with van der Waals surface area (Å²) in [5.74, 6) is -1.42. The molecule has 0 aliphatic carbocycles. The van der Waals surface area contributed by atoms with Crippen molar-refractivity contribution in [3.63, 3.8) is 0 Å². The van der Waals surface area contributed by atoms with Crippen LogP contribution in [0.2, 0.25) is 10.0 Å². The molecule has 0 saturated heterocycles. The second-order valence-electron chi connectivity index (χ2n) is 4.26. The third-order valence-corrected chi connectivity index (χ3v) is 3.47. The quantitative estimate of drug-likeness (QED) is 0.843. The van der Waals surface area contributed by atoms with E-state index in [-0.39, 0.29) is 27.0 Å². The van der Waals surface area contributed by atoms with Crippen molar-refractivity contribution < 1.29 is 23.1 Å². The SMILES string of the molecule is Nc1cc(-c2ccc(C(F)(F)F)cc2Cl)nc(C(=O)O)c1Cl. The van der Waals surface area contributed by atoms with Gasteiger partial charge in [0, 0.05) is 5.56 Å². The number of nitrogens with two attached hydrogens (primary N) is 1. The molecule has 2 rings (SSSR count). The molecule has 1 aromatic carbocycles. The van der Waals surface area contributed by atoms with E-state index in [9.17, 15) is 18.0 Å². The van der Waals surface area contributed by atoms with E-state index in [0.29, 0.717) is 0 Å². The molecule has 0 aliphatic heterocycles. The Morgan fingerprint density at radius 3 is 2.36 bits per heavy atom. The van der Waals surface area contributed by atoms with Gasteiger partial charge < -0.3 is 10.8 Å². The summed E-state index contributed by atoms with van der Waals surface area (Å²) in [5, 5.41) is 8.51. The number of hydrogen-bond donors (Lipinski definition) is 2. The van der Waals surface area contributed by atoms with E-state index in [1.165, 1.54) is 6.07 Å². The van der Waals surface area contributed by atoms with Crippen LogP contribution in [-0.4, -0.2) is 16.1 Å². The molecular formula is C13H7Cl2F3N2O2. The van der Waals surface area contributed by atoms with Crippen LogP contribution in [0.15, 0.2) is 24.3 Å². The fourth-order valence-corrected chi connectivity index (χ4v) is 2.18. The van der Waals surface area contributed by atoms with Crippen LogP contribution in [0.25, 0.3) is 11.3 Å². The number of aromatic nitrogens is 1. The molecule has 116 valence electrons. The molecule has 0 spiro atoms. The van der Waals surface area contributed by atoms with Gasteiger partial charge >= 0.3 is 12.1 Å². The fraction of sp³-hybridized carbons (Fsp3) is 0.0769. The van der Waals surface area contributed by atoms with Crippen molar-refractivity contribution in [3.05, 3.63) is 45.6 Å². The molecule has 4 nitrogen and oxygen atoms in total. The van der Waals surface area contributed by atoms with Gasteiger partial charge in [-0.15, -0.1) is 0 Å². The molecule has 0 radical (unpaired) electrons. The number of nitrogen functional groups attached to an aromatic ring is 1. The van der Waals surface area contributed by atoms with Gasteiger partial charge in [-0.1, -0.05) is 29.3 Å². The molecule has 0 aliphatic rings. The Morgan fingerprint density at radius 2 is 1.86 bits per heavy atom. The number of carboxylic acids is 1. The highest BCUT2D eigenvalue weighted by atomic mass is 35.5. The predicted molar refractivity (Wildman–Crippen MR) is 76.1 cm³/mol. The molecule has 0 atom stereocenters. The van der Waals surface area contributed by atoms with E-state index >= 15 is 0 Å². The zero-order valence-electron chi connectivity index (χ0n) is 10.6. The first-order valence-electron chi connectivity index (χ1n) is 5.67. The Bertz CT molecular complexity index is 764. The van der Waals surface area contributed by atoms with Crippen molar-refractivity contribution in [3.8, 4) is 11.3 Å². The summed E-state index contributed by atoms with van der Waals surface area (Å²) in [6.07, 6.45) is -4.54. The van der Waals surface area contributed by atoms with Gasteiger partial charge in [-0.2, -0.15) is 13.2 Å². The maximum Gasteiger partial charge on any atom is 0.416 e. The van der Waals surface area contributed by atoms with E-state index in [1.807, 2.05) is 0 Å². The van der Waals surface area contributed by atoms with Gasteiger partial charge in [0.2, 0.25) is 0 Å². The molecule has 1 heterocycles. The summed E-state index contributed by atoms with van der Waals surface area (Å²) in [4.78, 5) is 14.8. The van der Waals surface area contributed by atoms with E-state index in [1.54, 1.807) is 0 Å². The molecule has 0 unspecified atom stereocenters. The van der Waals surface area contributed by atoms with Crippen molar-refractivity contribution in [1.29, 1.82) is 0 Å². The molecule has 3 N–H and O–H groups in total. The summed E-state index contributed by atoms with van der Waals surface area (Å²) in [6, 6.07) is 3.87. The topological polar surface area (TPSA) is 76.2 Å². The lowest BCUT2D eigenvalue weighted by molar-refractivity contribution is -0.137. The van der Waals surface area contributed by atoms with Gasteiger partial charge in [-0.25, -0.2) is 9.78 Å². The summed E-state index contributed by atoms with van der Waals surface area (Å²) in [5.41, 5.74) is 4.21. The minimum atomic E-state index is -4.54.